The Kier molecular flexibility index (Phi) is 36.7. The number of benzene rings is 2. The fourth-order valence-corrected chi connectivity index (χ4v) is 7.71. The normalized spacial score (nSPS) is 12.2. The Morgan fingerprint density at radius 1 is 0.414 bits per heavy atom. The fourth-order valence-electron chi connectivity index (χ4n) is 7.71. The van der Waals surface area contributed by atoms with Crippen molar-refractivity contribution < 1.29 is 21.2 Å². The van der Waals surface area contributed by atoms with E-state index in [1.807, 2.05) is 0 Å². The van der Waals surface area contributed by atoms with Gasteiger partial charge in [0.05, 0.1) is 0 Å². The van der Waals surface area contributed by atoms with Crippen LogP contribution in [0, 0.1) is 13.8 Å². The molecule has 3 heteroatoms. The molecule has 2 nitrogen and oxygen atoms in total. The first-order valence-electron chi connectivity index (χ1n) is 24.6. The predicted octanol–water partition coefficient (Wildman–Crippen LogP) is 18.6. The van der Waals surface area contributed by atoms with Crippen LogP contribution in [0.2, 0.25) is 0 Å². The van der Waals surface area contributed by atoms with E-state index in [1.165, 1.54) is 181 Å². The van der Waals surface area contributed by atoms with Crippen LogP contribution in [0.4, 0.5) is 0 Å². The van der Waals surface area contributed by atoms with Gasteiger partial charge in [0.25, 0.3) is 0 Å². The Hall–Kier alpha value is -1.99. The van der Waals surface area contributed by atoms with Crippen molar-refractivity contribution in [1.29, 1.82) is 0 Å². The molecule has 0 fully saturated rings. The maximum atomic E-state index is 11.5. The van der Waals surface area contributed by atoms with Crippen molar-refractivity contribution in [3.63, 3.8) is 0 Å². The summed E-state index contributed by atoms with van der Waals surface area (Å²) in [5.74, 6) is 0. The molecule has 58 heavy (non-hydrogen) atoms. The summed E-state index contributed by atoms with van der Waals surface area (Å²) in [6.45, 7) is 23.3. The van der Waals surface area contributed by atoms with Crippen molar-refractivity contribution in [3.8, 4) is 0 Å². The van der Waals surface area contributed by atoms with Gasteiger partial charge in [0.15, 0.2) is 0 Å². The molecule has 0 unspecified atom stereocenters. The molecular formula is C55H92N2Ni. The van der Waals surface area contributed by atoms with E-state index in [-0.39, 0.29) is 16.5 Å². The molecule has 0 aromatic heterocycles. The second-order valence-corrected chi connectivity index (χ2v) is 17.0. The number of rotatable bonds is 30. The summed E-state index contributed by atoms with van der Waals surface area (Å²) in [6.07, 6.45) is 41.0. The Morgan fingerprint density at radius 2 is 0.707 bits per heavy atom. The zero-order valence-electron chi connectivity index (χ0n) is 39.4. The molecule has 0 saturated heterocycles. The molecule has 0 radical (unpaired) electrons. The summed E-state index contributed by atoms with van der Waals surface area (Å²) < 4.78 is 1.46. The Bertz CT molecular complexity index is 1280. The summed E-state index contributed by atoms with van der Waals surface area (Å²) in [5.41, 5.74) is 22.3. The third-order valence-electron chi connectivity index (χ3n) is 11.3. The summed E-state index contributed by atoms with van der Waals surface area (Å²) in [5, 5.41) is 0. The molecule has 1 aliphatic rings. The molecule has 0 saturated carbocycles. The van der Waals surface area contributed by atoms with E-state index in [1.54, 1.807) is 0 Å². The zero-order chi connectivity index (χ0) is 41.9. The van der Waals surface area contributed by atoms with Crippen molar-refractivity contribution in [2.24, 2.45) is 0 Å². The molecule has 0 atom stereocenters. The topological polar surface area (TPSA) is 25.3 Å². The maximum Gasteiger partial charge on any atom is 2.00 e. The minimum atomic E-state index is 0. The molecule has 1 aliphatic heterocycles. The third-order valence-corrected chi connectivity index (χ3v) is 11.3. The van der Waals surface area contributed by atoms with Gasteiger partial charge in [-0.2, -0.15) is 12.8 Å². The summed E-state index contributed by atoms with van der Waals surface area (Å²) in [7, 11) is 0. The maximum absolute atomic E-state index is 11.5. The molecule has 0 N–H and O–H groups in total. The molecule has 0 aliphatic carbocycles. The summed E-state index contributed by atoms with van der Waals surface area (Å²) in [4.78, 5) is 0. The van der Waals surface area contributed by atoms with Crippen molar-refractivity contribution in [1.82, 2.24) is 0 Å². The number of hydrogen-bond donors (Lipinski definition) is 0. The van der Waals surface area contributed by atoms with Crippen molar-refractivity contribution >= 4 is 11.4 Å². The van der Waals surface area contributed by atoms with Gasteiger partial charge in [-0.15, -0.1) is 0 Å². The van der Waals surface area contributed by atoms with E-state index in [2.05, 4.69) is 105 Å². The number of allylic oxidation sites excluding steroid dienone is 2. The quantitative estimate of drug-likeness (QED) is 0.0324. The molecular weight excluding hydrogens is 747 g/mol. The van der Waals surface area contributed by atoms with Crippen LogP contribution in [-0.4, -0.2) is 4.70 Å². The van der Waals surface area contributed by atoms with Crippen LogP contribution in [0.1, 0.15) is 249 Å². The monoisotopic (exact) mass is 839 g/mol. The summed E-state index contributed by atoms with van der Waals surface area (Å²) >= 11 is 0. The van der Waals surface area contributed by atoms with Crippen LogP contribution >= 0.6 is 0 Å². The molecule has 0 bridgehead atoms. The van der Waals surface area contributed by atoms with Crippen molar-refractivity contribution in [2.45, 2.75) is 241 Å². The van der Waals surface area contributed by atoms with Gasteiger partial charge in [0.1, 0.15) is 0 Å². The number of unbranched alkanes of at least 4 members (excludes halogenated alkanes) is 20. The smallest absolute Gasteiger partial charge is 0.493 e. The zero-order valence-corrected chi connectivity index (χ0v) is 40.4. The standard InChI is InChI=1S/C33H46N2.2C11H23.Ni/c1-6-10-14-26-19-27(15-11-7-2)22-30(21-26)32-18-25(5)33(35(32)34)31-23-28(16-12-8-3)20-29(24-31)17-13-9-4;2*1-3-5-7-9-11-10-8-6-4-2;/h18-24H,6-17H2,1-5H3;2*1,3-11H2,2H3;/q;2*-1;+2. The van der Waals surface area contributed by atoms with Gasteiger partial charge < -0.3 is 19.4 Å². The van der Waals surface area contributed by atoms with E-state index in [0.29, 0.717) is 0 Å². The van der Waals surface area contributed by atoms with Gasteiger partial charge in [0, 0.05) is 22.8 Å². The van der Waals surface area contributed by atoms with Crippen LogP contribution in [0.3, 0.4) is 0 Å². The van der Waals surface area contributed by atoms with Gasteiger partial charge in [0.2, 0.25) is 11.4 Å². The van der Waals surface area contributed by atoms with E-state index in [4.69, 9.17) is 0 Å². The summed E-state index contributed by atoms with van der Waals surface area (Å²) in [6, 6.07) is 13.9. The van der Waals surface area contributed by atoms with Gasteiger partial charge in [-0.1, -0.05) is 182 Å². The molecule has 2 aromatic carbocycles. The Labute approximate surface area is 372 Å². The fraction of sp³-hybridized carbons (Fsp3) is 0.673. The predicted molar refractivity (Wildman–Crippen MR) is 257 cm³/mol. The van der Waals surface area contributed by atoms with Gasteiger partial charge in [-0.25, -0.2) is 4.70 Å². The number of hydrogen-bond acceptors (Lipinski definition) is 0. The van der Waals surface area contributed by atoms with Crippen LogP contribution < -0.4 is 0 Å². The Morgan fingerprint density at radius 3 is 1.02 bits per heavy atom. The largest absolute Gasteiger partial charge is 2.00 e. The number of aryl methyl sites for hydroxylation is 4. The second kappa shape index (κ2) is 38.0. The minimum absolute atomic E-state index is 0. The van der Waals surface area contributed by atoms with Gasteiger partial charge >= 0.3 is 16.5 Å². The van der Waals surface area contributed by atoms with Crippen LogP contribution in [0.25, 0.3) is 16.9 Å². The second-order valence-electron chi connectivity index (χ2n) is 17.0. The van der Waals surface area contributed by atoms with Crippen molar-refractivity contribution in [3.05, 3.63) is 101 Å². The molecule has 0 amide bonds. The number of nitrogens with zero attached hydrogens (tertiary/aromatic N) is 2. The van der Waals surface area contributed by atoms with E-state index < -0.39 is 0 Å². The van der Waals surface area contributed by atoms with Crippen LogP contribution in [0.15, 0.2) is 48.0 Å². The first-order valence-corrected chi connectivity index (χ1v) is 24.6. The first kappa shape index (κ1) is 56.0. The van der Waals surface area contributed by atoms with Gasteiger partial charge in [-0.05, 0) is 105 Å². The van der Waals surface area contributed by atoms with E-state index in [9.17, 15) is 5.53 Å². The Balaban J connectivity index is 0.00000116. The molecule has 2 aromatic rings. The SMILES string of the molecule is CCCCc1cc(CCCC)cc(C2=CC(C)=C(c3cc(CCCC)cc(CCCC)c3)[N+]2=[N-])c1.[CH2-]CCCCCCCCCC.[CH2-]CCCCCCCCCC.[Ni+2]. The third kappa shape index (κ3) is 24.9. The van der Waals surface area contributed by atoms with Gasteiger partial charge in [-0.3, -0.25) is 0 Å². The molecule has 0 spiro atoms. The van der Waals surface area contributed by atoms with E-state index in [0.717, 1.165) is 66.6 Å². The minimum Gasteiger partial charge on any atom is -0.493 e. The van der Waals surface area contributed by atoms with Crippen LogP contribution in [-0.2, 0) is 42.2 Å². The molecule has 3 rings (SSSR count). The first-order chi connectivity index (χ1) is 27.8. The van der Waals surface area contributed by atoms with Crippen molar-refractivity contribution in [2.75, 3.05) is 0 Å². The average molecular weight is 840 g/mol. The van der Waals surface area contributed by atoms with E-state index >= 15 is 0 Å². The molecule has 332 valence electrons. The van der Waals surface area contributed by atoms with Crippen LogP contribution in [0.5, 0.6) is 0 Å². The molecule has 1 heterocycles. The average Bonchev–Trinajstić information content (AvgIpc) is 3.53.